The second-order valence-electron chi connectivity index (χ2n) is 8.26. The molecule has 33 heavy (non-hydrogen) atoms. The number of alkyl halides is 2. The van der Waals surface area contributed by atoms with Crippen LogP contribution in [0.15, 0.2) is 59.8 Å². The molecule has 8 nitrogen and oxygen atoms in total. The van der Waals surface area contributed by atoms with E-state index in [0.717, 1.165) is 11.2 Å². The van der Waals surface area contributed by atoms with Crippen LogP contribution in [-0.2, 0) is 13.1 Å². The molecule has 1 aliphatic heterocycles. The number of nitrogens with zero attached hydrogens (tertiary/aromatic N) is 5. The van der Waals surface area contributed by atoms with E-state index >= 15 is 0 Å². The highest BCUT2D eigenvalue weighted by atomic mass is 19.3. The Balaban J connectivity index is 1.25. The van der Waals surface area contributed by atoms with Crippen LogP contribution in [0.4, 0.5) is 8.78 Å². The van der Waals surface area contributed by atoms with Crippen LogP contribution in [0.1, 0.15) is 34.6 Å². The summed E-state index contributed by atoms with van der Waals surface area (Å²) in [5.74, 6) is -3.02. The number of likely N-dealkylation sites (tertiary alicyclic amines) is 1. The van der Waals surface area contributed by atoms with Gasteiger partial charge in [-0.1, -0.05) is 12.1 Å². The van der Waals surface area contributed by atoms with E-state index in [1.807, 2.05) is 33.8 Å². The average Bonchev–Trinajstić information content (AvgIpc) is 3.21. The standard InChI is InChI=1S/C23H22F2N6O2/c24-23(25)6-9-29(10-7-23)13-16-4-5-19-27-17(15-30(19)14-16)12-26-22(33)18-11-21(32)31-8-2-1-3-20(31)28-18/h1-5,8,11,14-15H,6-7,9-10,12-13H2,(H,26,33). The third kappa shape index (κ3) is 4.61. The van der Waals surface area contributed by atoms with Crippen molar-refractivity contribution in [2.45, 2.75) is 31.9 Å². The highest BCUT2D eigenvalue weighted by molar-refractivity contribution is 5.92. The summed E-state index contributed by atoms with van der Waals surface area (Å²) in [6, 6.07) is 10.1. The molecular weight excluding hydrogens is 430 g/mol. The quantitative estimate of drug-likeness (QED) is 0.503. The predicted octanol–water partition coefficient (Wildman–Crippen LogP) is 2.50. The molecule has 0 saturated carbocycles. The maximum Gasteiger partial charge on any atom is 0.270 e. The van der Waals surface area contributed by atoms with Gasteiger partial charge in [-0.15, -0.1) is 0 Å². The molecule has 5 rings (SSSR count). The summed E-state index contributed by atoms with van der Waals surface area (Å²) in [6.07, 6.45) is 5.11. The van der Waals surface area contributed by atoms with Crippen molar-refractivity contribution in [2.24, 2.45) is 0 Å². The summed E-state index contributed by atoms with van der Waals surface area (Å²) in [5, 5.41) is 2.75. The number of imidazole rings is 1. The maximum atomic E-state index is 13.4. The molecule has 1 fully saturated rings. The van der Waals surface area contributed by atoms with Crippen molar-refractivity contribution in [3.63, 3.8) is 0 Å². The van der Waals surface area contributed by atoms with Gasteiger partial charge in [0.15, 0.2) is 0 Å². The van der Waals surface area contributed by atoms with Crippen molar-refractivity contribution in [3.8, 4) is 0 Å². The highest BCUT2D eigenvalue weighted by Gasteiger charge is 2.33. The lowest BCUT2D eigenvalue weighted by Gasteiger charge is -2.31. The van der Waals surface area contributed by atoms with Crippen molar-refractivity contribution in [1.82, 2.24) is 29.0 Å². The Labute approximate surface area is 187 Å². The second kappa shape index (κ2) is 8.36. The van der Waals surface area contributed by atoms with Gasteiger partial charge in [-0.25, -0.2) is 18.7 Å². The fraction of sp³-hybridized carbons (Fsp3) is 0.304. The van der Waals surface area contributed by atoms with Gasteiger partial charge in [0.25, 0.3) is 17.4 Å². The van der Waals surface area contributed by atoms with Gasteiger partial charge in [0.2, 0.25) is 0 Å². The Morgan fingerprint density at radius 2 is 1.88 bits per heavy atom. The first kappa shape index (κ1) is 21.2. The number of hydrogen-bond acceptors (Lipinski definition) is 5. The van der Waals surface area contributed by atoms with Crippen molar-refractivity contribution in [1.29, 1.82) is 0 Å². The molecule has 0 aliphatic carbocycles. The van der Waals surface area contributed by atoms with Gasteiger partial charge in [-0.3, -0.25) is 18.9 Å². The number of rotatable bonds is 5. The number of nitrogens with one attached hydrogen (secondary N) is 1. The molecule has 5 heterocycles. The van der Waals surface area contributed by atoms with E-state index < -0.39 is 11.8 Å². The van der Waals surface area contributed by atoms with E-state index in [0.29, 0.717) is 31.0 Å². The Kier molecular flexibility index (Phi) is 5.37. The first-order chi connectivity index (χ1) is 15.9. The SMILES string of the molecule is O=C(NCc1cn2cc(CN3CCC(F)(F)CC3)ccc2n1)c1cc(=O)n2ccccc2n1. The molecule has 1 amide bonds. The molecule has 170 valence electrons. The number of hydrogen-bond donors (Lipinski definition) is 1. The van der Waals surface area contributed by atoms with E-state index in [4.69, 9.17) is 0 Å². The van der Waals surface area contributed by atoms with Gasteiger partial charge in [0.1, 0.15) is 17.0 Å². The Morgan fingerprint density at radius 1 is 1.06 bits per heavy atom. The molecule has 0 bridgehead atoms. The van der Waals surface area contributed by atoms with Crippen LogP contribution >= 0.6 is 0 Å². The Morgan fingerprint density at radius 3 is 2.70 bits per heavy atom. The van der Waals surface area contributed by atoms with Gasteiger partial charge in [-0.2, -0.15) is 0 Å². The predicted molar refractivity (Wildman–Crippen MR) is 117 cm³/mol. The fourth-order valence-electron chi connectivity index (χ4n) is 4.00. The van der Waals surface area contributed by atoms with E-state index in [1.54, 1.807) is 24.4 Å². The minimum absolute atomic E-state index is 0.0457. The van der Waals surface area contributed by atoms with E-state index in [-0.39, 0.29) is 30.6 Å². The number of amides is 1. The number of aromatic nitrogens is 4. The van der Waals surface area contributed by atoms with Crippen molar-refractivity contribution < 1.29 is 13.6 Å². The van der Waals surface area contributed by atoms with Crippen LogP contribution in [0.25, 0.3) is 11.3 Å². The second-order valence-corrected chi connectivity index (χ2v) is 8.26. The zero-order chi connectivity index (χ0) is 23.0. The minimum atomic E-state index is -2.55. The Hall–Kier alpha value is -3.66. The third-order valence-corrected chi connectivity index (χ3v) is 5.79. The number of halogens is 2. The molecule has 0 spiro atoms. The van der Waals surface area contributed by atoms with Crippen molar-refractivity contribution in [2.75, 3.05) is 13.1 Å². The largest absolute Gasteiger partial charge is 0.345 e. The normalized spacial score (nSPS) is 16.3. The molecule has 0 aromatic carbocycles. The first-order valence-electron chi connectivity index (χ1n) is 10.7. The van der Waals surface area contributed by atoms with Crippen LogP contribution < -0.4 is 10.9 Å². The average molecular weight is 452 g/mol. The smallest absolute Gasteiger partial charge is 0.270 e. The monoisotopic (exact) mass is 452 g/mol. The van der Waals surface area contributed by atoms with Crippen LogP contribution in [-0.4, -0.2) is 48.6 Å². The summed E-state index contributed by atoms with van der Waals surface area (Å²) in [5.41, 5.74) is 2.48. The Bertz CT molecular complexity index is 1390. The van der Waals surface area contributed by atoms with Gasteiger partial charge in [0.05, 0.1) is 12.2 Å². The number of carbonyl (C=O) groups excluding carboxylic acids is 1. The molecule has 1 saturated heterocycles. The van der Waals surface area contributed by atoms with Crippen LogP contribution in [0.3, 0.4) is 0 Å². The van der Waals surface area contributed by atoms with Gasteiger partial charge >= 0.3 is 0 Å². The molecule has 0 atom stereocenters. The lowest BCUT2D eigenvalue weighted by molar-refractivity contribution is -0.0566. The number of carbonyl (C=O) groups is 1. The summed E-state index contributed by atoms with van der Waals surface area (Å²) < 4.78 is 30.0. The molecule has 10 heteroatoms. The summed E-state index contributed by atoms with van der Waals surface area (Å²) in [6.45, 7) is 1.52. The van der Waals surface area contributed by atoms with E-state index in [9.17, 15) is 18.4 Å². The zero-order valence-electron chi connectivity index (χ0n) is 17.7. The molecule has 4 aromatic rings. The van der Waals surface area contributed by atoms with Crippen molar-refractivity contribution in [3.05, 3.63) is 82.3 Å². The summed E-state index contributed by atoms with van der Waals surface area (Å²) in [7, 11) is 0. The summed E-state index contributed by atoms with van der Waals surface area (Å²) >= 11 is 0. The topological polar surface area (TPSA) is 84.0 Å². The van der Waals surface area contributed by atoms with E-state index in [1.165, 1.54) is 10.5 Å². The number of pyridine rings is 2. The highest BCUT2D eigenvalue weighted by Crippen LogP contribution is 2.28. The van der Waals surface area contributed by atoms with Gasteiger partial charge in [-0.05, 0) is 23.8 Å². The van der Waals surface area contributed by atoms with Crippen LogP contribution in [0.5, 0.6) is 0 Å². The molecule has 4 aromatic heterocycles. The molecule has 0 radical (unpaired) electrons. The van der Waals surface area contributed by atoms with Crippen LogP contribution in [0, 0.1) is 0 Å². The lowest BCUT2D eigenvalue weighted by Crippen LogP contribution is -2.38. The molecular formula is C23H22F2N6O2. The minimum Gasteiger partial charge on any atom is -0.345 e. The number of piperidine rings is 1. The van der Waals surface area contributed by atoms with Crippen molar-refractivity contribution >= 4 is 17.2 Å². The number of fused-ring (bicyclic) bond motifs is 2. The zero-order valence-corrected chi connectivity index (χ0v) is 17.7. The summed E-state index contributed by atoms with van der Waals surface area (Å²) in [4.78, 5) is 35.5. The first-order valence-corrected chi connectivity index (χ1v) is 10.7. The van der Waals surface area contributed by atoms with E-state index in [2.05, 4.69) is 15.3 Å². The maximum absolute atomic E-state index is 13.4. The molecule has 1 N–H and O–H groups in total. The third-order valence-electron chi connectivity index (χ3n) is 5.79. The van der Waals surface area contributed by atoms with Gasteiger partial charge < -0.3 is 9.72 Å². The van der Waals surface area contributed by atoms with Crippen LogP contribution in [0.2, 0.25) is 0 Å². The van der Waals surface area contributed by atoms with Gasteiger partial charge in [0, 0.05) is 57.1 Å². The lowest BCUT2D eigenvalue weighted by atomic mass is 10.1. The molecule has 1 aliphatic rings. The molecule has 0 unspecified atom stereocenters. The fourth-order valence-corrected chi connectivity index (χ4v) is 4.00.